The highest BCUT2D eigenvalue weighted by Crippen LogP contribution is 2.33. The first-order valence-corrected chi connectivity index (χ1v) is 7.42. The zero-order valence-electron chi connectivity index (χ0n) is 12.4. The van der Waals surface area contributed by atoms with E-state index in [4.69, 9.17) is 4.74 Å². The fourth-order valence-corrected chi connectivity index (χ4v) is 2.66. The highest BCUT2D eigenvalue weighted by molar-refractivity contribution is 5.94. The summed E-state index contributed by atoms with van der Waals surface area (Å²) < 4.78 is 5.41. The molecule has 4 nitrogen and oxygen atoms in total. The number of anilines is 1. The van der Waals surface area contributed by atoms with E-state index in [-0.39, 0.29) is 5.91 Å². The number of nitrogens with zero attached hydrogens (tertiary/aromatic N) is 1. The quantitative estimate of drug-likeness (QED) is 0.812. The SMILES string of the molecule is CCCOCCC(=O)N1CCC(NC)c2ccccc21. The van der Waals surface area contributed by atoms with Crippen molar-refractivity contribution >= 4 is 11.6 Å². The minimum Gasteiger partial charge on any atom is -0.381 e. The van der Waals surface area contributed by atoms with Crippen molar-refractivity contribution in [2.45, 2.75) is 32.2 Å². The Balaban J connectivity index is 2.04. The van der Waals surface area contributed by atoms with Crippen molar-refractivity contribution in [1.29, 1.82) is 0 Å². The molecular weight excluding hydrogens is 252 g/mol. The van der Waals surface area contributed by atoms with Crippen molar-refractivity contribution in [2.75, 3.05) is 31.7 Å². The van der Waals surface area contributed by atoms with E-state index in [1.54, 1.807) is 0 Å². The van der Waals surface area contributed by atoms with E-state index in [1.165, 1.54) is 5.56 Å². The Bertz CT molecular complexity index is 448. The minimum absolute atomic E-state index is 0.156. The molecule has 0 saturated heterocycles. The van der Waals surface area contributed by atoms with Crippen LogP contribution in [0.3, 0.4) is 0 Å². The maximum atomic E-state index is 12.3. The van der Waals surface area contributed by atoms with Gasteiger partial charge in [-0.05, 0) is 31.5 Å². The van der Waals surface area contributed by atoms with Gasteiger partial charge >= 0.3 is 0 Å². The summed E-state index contributed by atoms with van der Waals surface area (Å²) in [5.41, 5.74) is 2.25. The van der Waals surface area contributed by atoms with E-state index in [1.807, 2.05) is 30.1 Å². The number of benzene rings is 1. The van der Waals surface area contributed by atoms with Crippen LogP contribution in [0.2, 0.25) is 0 Å². The predicted molar refractivity (Wildman–Crippen MR) is 80.9 cm³/mol. The van der Waals surface area contributed by atoms with Crippen LogP contribution in [0, 0.1) is 0 Å². The van der Waals surface area contributed by atoms with E-state index < -0.39 is 0 Å². The minimum atomic E-state index is 0.156. The van der Waals surface area contributed by atoms with E-state index in [9.17, 15) is 4.79 Å². The molecule has 1 aliphatic heterocycles. The van der Waals surface area contributed by atoms with Gasteiger partial charge in [0.2, 0.25) is 5.91 Å². The fraction of sp³-hybridized carbons (Fsp3) is 0.562. The summed E-state index contributed by atoms with van der Waals surface area (Å²) in [7, 11) is 1.97. The second-order valence-corrected chi connectivity index (χ2v) is 5.10. The molecule has 0 spiro atoms. The first-order valence-electron chi connectivity index (χ1n) is 7.42. The van der Waals surface area contributed by atoms with Crippen LogP contribution in [0.15, 0.2) is 24.3 Å². The van der Waals surface area contributed by atoms with Crippen LogP contribution in [-0.2, 0) is 9.53 Å². The van der Waals surface area contributed by atoms with Gasteiger partial charge in [0.1, 0.15) is 0 Å². The average Bonchev–Trinajstić information content (AvgIpc) is 2.50. The molecule has 0 radical (unpaired) electrons. The van der Waals surface area contributed by atoms with Gasteiger partial charge in [0.15, 0.2) is 0 Å². The molecule has 0 bridgehead atoms. The number of nitrogens with one attached hydrogen (secondary N) is 1. The molecule has 0 saturated carbocycles. The second-order valence-electron chi connectivity index (χ2n) is 5.10. The third-order valence-electron chi connectivity index (χ3n) is 3.70. The summed E-state index contributed by atoms with van der Waals surface area (Å²) in [4.78, 5) is 14.2. The summed E-state index contributed by atoms with van der Waals surface area (Å²) in [6.45, 7) is 4.09. The zero-order chi connectivity index (χ0) is 14.4. The maximum absolute atomic E-state index is 12.3. The lowest BCUT2D eigenvalue weighted by molar-refractivity contribution is -0.119. The number of amides is 1. The van der Waals surface area contributed by atoms with Gasteiger partial charge in [0.25, 0.3) is 0 Å². The molecule has 1 aliphatic rings. The monoisotopic (exact) mass is 276 g/mol. The number of ether oxygens (including phenoxy) is 1. The largest absolute Gasteiger partial charge is 0.381 e. The van der Waals surface area contributed by atoms with Crippen LogP contribution in [0.25, 0.3) is 0 Å². The molecule has 110 valence electrons. The van der Waals surface area contributed by atoms with Crippen LogP contribution < -0.4 is 10.2 Å². The highest BCUT2D eigenvalue weighted by Gasteiger charge is 2.27. The van der Waals surface area contributed by atoms with E-state index in [2.05, 4.69) is 18.3 Å². The molecule has 1 aromatic rings. The summed E-state index contributed by atoms with van der Waals surface area (Å²) in [5, 5.41) is 3.32. The molecule has 0 aromatic heterocycles. The lowest BCUT2D eigenvalue weighted by atomic mass is 9.96. The third-order valence-corrected chi connectivity index (χ3v) is 3.70. The van der Waals surface area contributed by atoms with Crippen molar-refractivity contribution in [3.05, 3.63) is 29.8 Å². The van der Waals surface area contributed by atoms with Crippen molar-refractivity contribution in [3.63, 3.8) is 0 Å². The first-order chi connectivity index (χ1) is 9.77. The Morgan fingerprint density at radius 3 is 2.95 bits per heavy atom. The summed E-state index contributed by atoms with van der Waals surface area (Å²) in [6, 6.07) is 8.49. The van der Waals surface area contributed by atoms with Crippen molar-refractivity contribution in [2.24, 2.45) is 0 Å². The van der Waals surface area contributed by atoms with Gasteiger partial charge in [0.05, 0.1) is 13.0 Å². The summed E-state index contributed by atoms with van der Waals surface area (Å²) in [5.74, 6) is 0.156. The highest BCUT2D eigenvalue weighted by atomic mass is 16.5. The lowest BCUT2D eigenvalue weighted by Gasteiger charge is -2.34. The molecule has 2 rings (SSSR count). The van der Waals surface area contributed by atoms with Crippen molar-refractivity contribution in [3.8, 4) is 0 Å². The molecule has 1 atom stereocenters. The van der Waals surface area contributed by atoms with Gasteiger partial charge in [-0.3, -0.25) is 4.79 Å². The maximum Gasteiger partial charge on any atom is 0.229 e. The number of carbonyl (C=O) groups excluding carboxylic acids is 1. The zero-order valence-corrected chi connectivity index (χ0v) is 12.4. The van der Waals surface area contributed by atoms with Gasteiger partial charge in [-0.15, -0.1) is 0 Å². The van der Waals surface area contributed by atoms with Gasteiger partial charge in [-0.1, -0.05) is 25.1 Å². The topological polar surface area (TPSA) is 41.6 Å². The molecule has 20 heavy (non-hydrogen) atoms. The number of hydrogen-bond acceptors (Lipinski definition) is 3. The fourth-order valence-electron chi connectivity index (χ4n) is 2.66. The van der Waals surface area contributed by atoms with Crippen LogP contribution in [0.4, 0.5) is 5.69 Å². The Morgan fingerprint density at radius 1 is 1.40 bits per heavy atom. The van der Waals surface area contributed by atoms with Crippen LogP contribution in [0.5, 0.6) is 0 Å². The first kappa shape index (κ1) is 15.0. The van der Waals surface area contributed by atoms with Crippen LogP contribution in [-0.4, -0.2) is 32.7 Å². The average molecular weight is 276 g/mol. The number of rotatable bonds is 6. The molecule has 1 aromatic carbocycles. The molecule has 0 fully saturated rings. The van der Waals surface area contributed by atoms with Gasteiger partial charge in [-0.2, -0.15) is 0 Å². The van der Waals surface area contributed by atoms with Gasteiger partial charge in [-0.25, -0.2) is 0 Å². The number of hydrogen-bond donors (Lipinski definition) is 1. The van der Waals surface area contributed by atoms with Crippen LogP contribution >= 0.6 is 0 Å². The molecule has 1 amide bonds. The third kappa shape index (κ3) is 3.38. The number of fused-ring (bicyclic) bond motifs is 1. The van der Waals surface area contributed by atoms with E-state index >= 15 is 0 Å². The Hall–Kier alpha value is -1.39. The molecular formula is C16H24N2O2. The smallest absolute Gasteiger partial charge is 0.229 e. The van der Waals surface area contributed by atoms with E-state index in [0.717, 1.165) is 31.7 Å². The van der Waals surface area contributed by atoms with Gasteiger partial charge < -0.3 is 15.0 Å². The van der Waals surface area contributed by atoms with Crippen molar-refractivity contribution < 1.29 is 9.53 Å². The Kier molecular flexibility index (Phi) is 5.56. The number of carbonyl (C=O) groups is 1. The predicted octanol–water partition coefficient (Wildman–Crippen LogP) is 2.50. The standard InChI is InChI=1S/C16H24N2O2/c1-3-11-20-12-9-16(19)18-10-8-14(17-2)13-6-4-5-7-15(13)18/h4-7,14,17H,3,8-12H2,1-2H3. The van der Waals surface area contributed by atoms with Gasteiger partial charge in [0, 0.05) is 24.9 Å². The lowest BCUT2D eigenvalue weighted by Crippen LogP contribution is -2.39. The second kappa shape index (κ2) is 7.41. The molecule has 0 aliphatic carbocycles. The number of para-hydroxylation sites is 1. The Labute approximate surface area is 121 Å². The van der Waals surface area contributed by atoms with Crippen LogP contribution in [0.1, 0.15) is 37.8 Å². The molecule has 1 heterocycles. The summed E-state index contributed by atoms with van der Waals surface area (Å²) in [6.07, 6.45) is 2.40. The van der Waals surface area contributed by atoms with E-state index in [0.29, 0.717) is 19.1 Å². The molecule has 1 unspecified atom stereocenters. The molecule has 4 heteroatoms. The normalized spacial score (nSPS) is 17.9. The molecule has 1 N–H and O–H groups in total. The van der Waals surface area contributed by atoms with Crippen molar-refractivity contribution in [1.82, 2.24) is 5.32 Å². The summed E-state index contributed by atoms with van der Waals surface area (Å²) >= 11 is 0. The Morgan fingerprint density at radius 2 is 2.20 bits per heavy atom.